The summed E-state index contributed by atoms with van der Waals surface area (Å²) in [4.78, 5) is 0. The highest BCUT2D eigenvalue weighted by atomic mass is 16.6. The maximum atomic E-state index is 9.56. The van der Waals surface area contributed by atoms with Crippen molar-refractivity contribution in [2.45, 2.75) is 50.1 Å². The van der Waals surface area contributed by atoms with E-state index in [1.807, 2.05) is 0 Å². The average Bonchev–Trinajstić information content (AvgIpc) is 2.46. The third-order valence-electron chi connectivity index (χ3n) is 2.87. The zero-order valence-corrected chi connectivity index (χ0v) is 6.49. The molecule has 1 aliphatic heterocycles. The van der Waals surface area contributed by atoms with E-state index in [4.69, 9.17) is 9.84 Å². The Hall–Kier alpha value is -0.120. The molecule has 11 heavy (non-hydrogen) atoms. The van der Waals surface area contributed by atoms with Gasteiger partial charge in [-0.05, 0) is 25.7 Å². The zero-order valence-electron chi connectivity index (χ0n) is 6.49. The minimum Gasteiger partial charge on any atom is -0.390 e. The molecule has 3 nitrogen and oxygen atoms in total. The molecule has 2 rings (SSSR count). The summed E-state index contributed by atoms with van der Waals surface area (Å²) >= 11 is 0. The molecule has 2 N–H and O–H groups in total. The van der Waals surface area contributed by atoms with Gasteiger partial charge in [0.1, 0.15) is 0 Å². The largest absolute Gasteiger partial charge is 0.390 e. The SMILES string of the molecule is OC1CC[C@]2(CCC[C@@H]2O)O1. The van der Waals surface area contributed by atoms with Crippen molar-refractivity contribution in [3.63, 3.8) is 0 Å². The average molecular weight is 158 g/mol. The molecule has 2 fully saturated rings. The first kappa shape index (κ1) is 7.53. The molecule has 1 saturated carbocycles. The highest BCUT2D eigenvalue weighted by Crippen LogP contribution is 2.42. The third-order valence-corrected chi connectivity index (χ3v) is 2.87. The molecule has 0 amide bonds. The number of aliphatic hydroxyl groups excluding tert-OH is 2. The highest BCUT2D eigenvalue weighted by Gasteiger charge is 2.48. The first-order valence-electron chi connectivity index (χ1n) is 4.27. The molecular formula is C8H14O3. The fraction of sp³-hybridized carbons (Fsp3) is 1.00. The fourth-order valence-electron chi connectivity index (χ4n) is 2.21. The van der Waals surface area contributed by atoms with Gasteiger partial charge in [0.25, 0.3) is 0 Å². The molecule has 0 radical (unpaired) electrons. The van der Waals surface area contributed by atoms with E-state index in [1.165, 1.54) is 0 Å². The normalized spacial score (nSPS) is 50.7. The van der Waals surface area contributed by atoms with Crippen LogP contribution in [0.2, 0.25) is 0 Å². The Kier molecular flexibility index (Phi) is 1.67. The number of hydrogen-bond donors (Lipinski definition) is 2. The Labute approximate surface area is 66.0 Å². The Balaban J connectivity index is 2.10. The van der Waals surface area contributed by atoms with Crippen LogP contribution in [0.3, 0.4) is 0 Å². The van der Waals surface area contributed by atoms with Crippen LogP contribution in [0.25, 0.3) is 0 Å². The summed E-state index contributed by atoms with van der Waals surface area (Å²) in [6.07, 6.45) is 3.26. The molecule has 3 heteroatoms. The van der Waals surface area contributed by atoms with E-state index in [-0.39, 0.29) is 11.7 Å². The number of ether oxygens (including phenoxy) is 1. The lowest BCUT2D eigenvalue weighted by Crippen LogP contribution is -2.37. The lowest BCUT2D eigenvalue weighted by atomic mass is 9.96. The molecule has 0 aromatic rings. The minimum absolute atomic E-state index is 0.348. The summed E-state index contributed by atoms with van der Waals surface area (Å²) in [5, 5.41) is 18.7. The van der Waals surface area contributed by atoms with Crippen LogP contribution < -0.4 is 0 Å². The van der Waals surface area contributed by atoms with E-state index in [2.05, 4.69) is 0 Å². The number of aliphatic hydroxyl groups is 2. The first-order valence-corrected chi connectivity index (χ1v) is 4.27. The van der Waals surface area contributed by atoms with Crippen LogP contribution in [0, 0.1) is 0 Å². The van der Waals surface area contributed by atoms with Crippen molar-refractivity contribution in [1.82, 2.24) is 0 Å². The molecule has 0 aromatic heterocycles. The van der Waals surface area contributed by atoms with E-state index in [0.717, 1.165) is 25.7 Å². The number of rotatable bonds is 0. The first-order chi connectivity index (χ1) is 5.23. The molecule has 1 aliphatic carbocycles. The van der Waals surface area contributed by atoms with E-state index in [0.29, 0.717) is 6.42 Å². The van der Waals surface area contributed by atoms with Gasteiger partial charge in [-0.2, -0.15) is 0 Å². The standard InChI is InChI=1S/C8H14O3/c9-6-2-1-4-8(6)5-3-7(10)11-8/h6-7,9-10H,1-5H2/t6-,7?,8-/m0/s1. The van der Waals surface area contributed by atoms with Crippen LogP contribution in [0.5, 0.6) is 0 Å². The van der Waals surface area contributed by atoms with Crippen molar-refractivity contribution < 1.29 is 14.9 Å². The van der Waals surface area contributed by atoms with Gasteiger partial charge in [0.2, 0.25) is 0 Å². The summed E-state index contributed by atoms with van der Waals surface area (Å²) in [6.45, 7) is 0. The lowest BCUT2D eigenvalue weighted by molar-refractivity contribution is -0.166. The quantitative estimate of drug-likeness (QED) is 0.536. The topological polar surface area (TPSA) is 49.7 Å². The number of hydrogen-bond acceptors (Lipinski definition) is 3. The van der Waals surface area contributed by atoms with Crippen molar-refractivity contribution in [2.75, 3.05) is 0 Å². The monoisotopic (exact) mass is 158 g/mol. The molecular weight excluding hydrogens is 144 g/mol. The fourth-order valence-corrected chi connectivity index (χ4v) is 2.21. The van der Waals surface area contributed by atoms with Gasteiger partial charge in [0.15, 0.2) is 6.29 Å². The van der Waals surface area contributed by atoms with Gasteiger partial charge < -0.3 is 14.9 Å². The van der Waals surface area contributed by atoms with Crippen molar-refractivity contribution in [1.29, 1.82) is 0 Å². The van der Waals surface area contributed by atoms with Crippen LogP contribution in [-0.2, 0) is 4.74 Å². The summed E-state index contributed by atoms with van der Waals surface area (Å²) in [5.41, 5.74) is -0.376. The molecule has 2 aliphatic rings. The van der Waals surface area contributed by atoms with E-state index in [1.54, 1.807) is 0 Å². The van der Waals surface area contributed by atoms with Crippen LogP contribution in [0.1, 0.15) is 32.1 Å². The van der Waals surface area contributed by atoms with Crippen molar-refractivity contribution in [3.05, 3.63) is 0 Å². The highest BCUT2D eigenvalue weighted by molar-refractivity contribution is 4.97. The van der Waals surface area contributed by atoms with Gasteiger partial charge >= 0.3 is 0 Å². The third kappa shape index (κ3) is 1.08. The van der Waals surface area contributed by atoms with E-state index >= 15 is 0 Å². The van der Waals surface area contributed by atoms with Crippen molar-refractivity contribution in [3.8, 4) is 0 Å². The van der Waals surface area contributed by atoms with Crippen LogP contribution in [-0.4, -0.2) is 28.2 Å². The van der Waals surface area contributed by atoms with Crippen molar-refractivity contribution in [2.24, 2.45) is 0 Å². The smallest absolute Gasteiger partial charge is 0.155 e. The van der Waals surface area contributed by atoms with Gasteiger partial charge in [-0.15, -0.1) is 0 Å². The van der Waals surface area contributed by atoms with Gasteiger partial charge in [0.05, 0.1) is 11.7 Å². The van der Waals surface area contributed by atoms with Gasteiger partial charge in [0, 0.05) is 6.42 Å². The van der Waals surface area contributed by atoms with Crippen LogP contribution >= 0.6 is 0 Å². The molecule has 3 atom stereocenters. The Morgan fingerprint density at radius 2 is 2.00 bits per heavy atom. The van der Waals surface area contributed by atoms with E-state index < -0.39 is 6.29 Å². The molecule has 1 heterocycles. The molecule has 1 saturated heterocycles. The van der Waals surface area contributed by atoms with Gasteiger partial charge in [-0.25, -0.2) is 0 Å². The Bertz CT molecular complexity index is 159. The second kappa shape index (κ2) is 2.44. The van der Waals surface area contributed by atoms with Crippen molar-refractivity contribution >= 4 is 0 Å². The molecule has 1 spiro atoms. The summed E-state index contributed by atoms with van der Waals surface area (Å²) in [5.74, 6) is 0. The lowest BCUT2D eigenvalue weighted by Gasteiger charge is -2.26. The van der Waals surface area contributed by atoms with E-state index in [9.17, 15) is 5.11 Å². The predicted octanol–water partition coefficient (Wildman–Crippen LogP) is 0.399. The maximum Gasteiger partial charge on any atom is 0.155 e. The molecule has 0 aromatic carbocycles. The predicted molar refractivity (Wildman–Crippen MR) is 38.9 cm³/mol. The molecule has 0 bridgehead atoms. The van der Waals surface area contributed by atoms with Gasteiger partial charge in [-0.3, -0.25) is 0 Å². The summed E-state index contributed by atoms with van der Waals surface area (Å²) in [7, 11) is 0. The van der Waals surface area contributed by atoms with Crippen LogP contribution in [0.15, 0.2) is 0 Å². The summed E-state index contributed by atoms with van der Waals surface area (Å²) in [6, 6.07) is 0. The maximum absolute atomic E-state index is 9.56. The molecule has 64 valence electrons. The minimum atomic E-state index is -0.636. The second-order valence-corrected chi connectivity index (χ2v) is 3.58. The van der Waals surface area contributed by atoms with Gasteiger partial charge in [-0.1, -0.05) is 0 Å². The molecule has 1 unspecified atom stereocenters. The second-order valence-electron chi connectivity index (χ2n) is 3.58. The Morgan fingerprint density at radius 1 is 1.18 bits per heavy atom. The van der Waals surface area contributed by atoms with Crippen LogP contribution in [0.4, 0.5) is 0 Å². The zero-order chi connectivity index (χ0) is 7.90. The Morgan fingerprint density at radius 3 is 2.45 bits per heavy atom. The summed E-state index contributed by atoms with van der Waals surface area (Å²) < 4.78 is 5.33.